The Kier molecular flexibility index (Phi) is 5.12. The smallest absolute Gasteiger partial charge is 0.327 e. The molecule has 0 aliphatic rings. The highest BCUT2D eigenvalue weighted by Gasteiger charge is 2.17. The molecular formula is C9H15NO4S. The lowest BCUT2D eigenvalue weighted by atomic mass is 10.3. The number of carbonyl (C=O) groups is 2. The van der Waals surface area contributed by atoms with Crippen molar-refractivity contribution in [3.63, 3.8) is 0 Å². The highest BCUT2D eigenvalue weighted by molar-refractivity contribution is 7.99. The molecule has 0 fully saturated rings. The van der Waals surface area contributed by atoms with Gasteiger partial charge in [-0.05, 0) is 0 Å². The summed E-state index contributed by atoms with van der Waals surface area (Å²) in [4.78, 5) is 21.9. The van der Waals surface area contributed by atoms with Crippen LogP contribution < -0.4 is 5.32 Å². The highest BCUT2D eigenvalue weighted by Crippen LogP contribution is 2.03. The number of amides is 1. The summed E-state index contributed by atoms with van der Waals surface area (Å²) in [6.07, 6.45) is 3.15. The van der Waals surface area contributed by atoms with Crippen molar-refractivity contribution in [2.24, 2.45) is 0 Å². The molecule has 86 valence electrons. The van der Waals surface area contributed by atoms with Gasteiger partial charge in [0, 0.05) is 22.5 Å². The molecule has 0 aromatic heterocycles. The van der Waals surface area contributed by atoms with E-state index in [1.807, 2.05) is 5.32 Å². The van der Waals surface area contributed by atoms with E-state index in [0.717, 1.165) is 0 Å². The quantitative estimate of drug-likeness (QED) is 0.423. The molecule has 1 amide bonds. The van der Waals surface area contributed by atoms with Gasteiger partial charge in [-0.1, -0.05) is 12.2 Å². The van der Waals surface area contributed by atoms with Crippen LogP contribution in [0.25, 0.3) is 0 Å². The van der Waals surface area contributed by atoms with E-state index in [1.54, 1.807) is 6.08 Å². The van der Waals surface area contributed by atoms with Crippen LogP contribution >= 0.6 is 11.8 Å². The summed E-state index contributed by atoms with van der Waals surface area (Å²) < 4.78 is 20.5. The average Bonchev–Trinajstić information content (AvgIpc) is 2.25. The first kappa shape index (κ1) is 9.23. The number of aliphatic hydroxyl groups is 1. The van der Waals surface area contributed by atoms with Crippen molar-refractivity contribution in [3.8, 4) is 0 Å². The first-order valence-electron chi connectivity index (χ1n) is 5.66. The maximum Gasteiger partial charge on any atom is 0.327 e. The molecule has 0 rings (SSSR count). The minimum Gasteiger partial charge on any atom is -0.480 e. The van der Waals surface area contributed by atoms with Crippen LogP contribution in [0, 0.1) is 0 Å². The normalized spacial score (nSPS) is 16.5. The third kappa shape index (κ3) is 8.02. The van der Waals surface area contributed by atoms with Crippen molar-refractivity contribution in [1.29, 1.82) is 0 Å². The number of nitrogens with one attached hydrogen (secondary N) is 1. The van der Waals surface area contributed by atoms with Crippen molar-refractivity contribution < 1.29 is 23.9 Å². The third-order valence-corrected chi connectivity index (χ3v) is 2.37. The minimum absolute atomic E-state index is 0.0485. The SMILES string of the molecule is [2H]C([2H])([2H])C(=O)N[C@@H](CSC/C=C\CO)C(=O)O. The Balaban J connectivity index is 4.21. The second kappa shape index (κ2) is 8.31. The topological polar surface area (TPSA) is 86.6 Å². The zero-order valence-electron chi connectivity index (χ0n) is 11.0. The summed E-state index contributed by atoms with van der Waals surface area (Å²) in [6.45, 7) is -2.95. The van der Waals surface area contributed by atoms with E-state index >= 15 is 0 Å². The number of rotatable bonds is 7. The molecule has 0 aliphatic carbocycles. The van der Waals surface area contributed by atoms with E-state index in [-0.39, 0.29) is 12.4 Å². The fraction of sp³-hybridized carbons (Fsp3) is 0.556. The van der Waals surface area contributed by atoms with Crippen molar-refractivity contribution in [1.82, 2.24) is 5.32 Å². The molecule has 6 heteroatoms. The van der Waals surface area contributed by atoms with Crippen molar-refractivity contribution in [2.75, 3.05) is 18.1 Å². The van der Waals surface area contributed by atoms with Crippen molar-refractivity contribution in [2.45, 2.75) is 12.9 Å². The zero-order chi connectivity index (χ0) is 14.2. The van der Waals surface area contributed by atoms with Gasteiger partial charge in [-0.15, -0.1) is 0 Å². The van der Waals surface area contributed by atoms with Gasteiger partial charge in [0.15, 0.2) is 0 Å². The molecule has 0 aromatic carbocycles. The fourth-order valence-electron chi connectivity index (χ4n) is 0.729. The predicted octanol–water partition coefficient (Wildman–Crippen LogP) is -0.143. The van der Waals surface area contributed by atoms with Crippen molar-refractivity contribution >= 4 is 23.6 Å². The van der Waals surface area contributed by atoms with E-state index < -0.39 is 24.8 Å². The Hall–Kier alpha value is -1.01. The van der Waals surface area contributed by atoms with Gasteiger partial charge in [0.2, 0.25) is 5.91 Å². The van der Waals surface area contributed by atoms with Crippen LogP contribution in [-0.2, 0) is 9.59 Å². The molecule has 15 heavy (non-hydrogen) atoms. The molecule has 1 atom stereocenters. The van der Waals surface area contributed by atoms with Gasteiger partial charge in [0.1, 0.15) is 6.04 Å². The van der Waals surface area contributed by atoms with Gasteiger partial charge in [-0.3, -0.25) is 4.79 Å². The number of hydrogen-bond acceptors (Lipinski definition) is 4. The van der Waals surface area contributed by atoms with E-state index in [2.05, 4.69) is 0 Å². The molecule has 0 aromatic rings. The standard InChI is InChI=1S/C9H15NO4S/c1-7(12)10-8(9(13)14)6-15-5-3-2-4-11/h2-3,8,11H,4-6H2,1H3,(H,10,12)(H,13,14)/b3-2-/t8-/m0/s1/i1D3. The number of thioether (sulfide) groups is 1. The Morgan fingerprint density at radius 1 is 1.60 bits per heavy atom. The van der Waals surface area contributed by atoms with Crippen LogP contribution in [0.5, 0.6) is 0 Å². The van der Waals surface area contributed by atoms with E-state index in [9.17, 15) is 9.59 Å². The molecule has 3 N–H and O–H groups in total. The highest BCUT2D eigenvalue weighted by atomic mass is 32.2. The minimum atomic E-state index is -2.85. The maximum atomic E-state index is 11.1. The predicted molar refractivity (Wildman–Crippen MR) is 58.8 cm³/mol. The van der Waals surface area contributed by atoms with Gasteiger partial charge in [-0.25, -0.2) is 4.79 Å². The number of carboxylic acid groups (broad SMARTS) is 1. The van der Waals surface area contributed by atoms with Gasteiger partial charge in [0.05, 0.1) is 6.61 Å². The van der Waals surface area contributed by atoms with Gasteiger partial charge in [0.25, 0.3) is 0 Å². The lowest BCUT2D eigenvalue weighted by Crippen LogP contribution is -2.41. The average molecular weight is 236 g/mol. The lowest BCUT2D eigenvalue weighted by Gasteiger charge is -2.11. The first-order chi connectivity index (χ1) is 8.29. The maximum absolute atomic E-state index is 11.1. The summed E-state index contributed by atoms with van der Waals surface area (Å²) in [7, 11) is 0. The van der Waals surface area contributed by atoms with Crippen LogP contribution in [0.1, 0.15) is 11.0 Å². The summed E-state index contributed by atoms with van der Waals surface area (Å²) >= 11 is 1.21. The van der Waals surface area contributed by atoms with Crippen LogP contribution in [0.4, 0.5) is 0 Å². The largest absolute Gasteiger partial charge is 0.480 e. The summed E-state index contributed by atoms with van der Waals surface area (Å²) in [6, 6.07) is -1.24. The Morgan fingerprint density at radius 3 is 2.87 bits per heavy atom. The molecule has 5 nitrogen and oxygen atoms in total. The van der Waals surface area contributed by atoms with Crippen LogP contribution in [0.2, 0.25) is 0 Å². The van der Waals surface area contributed by atoms with E-state index in [4.69, 9.17) is 14.3 Å². The van der Waals surface area contributed by atoms with Crippen LogP contribution in [0.3, 0.4) is 0 Å². The molecule has 0 saturated heterocycles. The van der Waals surface area contributed by atoms with Crippen LogP contribution in [-0.4, -0.2) is 46.2 Å². The summed E-state index contributed by atoms with van der Waals surface area (Å²) in [5, 5.41) is 19.2. The van der Waals surface area contributed by atoms with E-state index in [0.29, 0.717) is 5.75 Å². The number of hydrogen-bond donors (Lipinski definition) is 3. The fourth-order valence-corrected chi connectivity index (χ4v) is 1.60. The Labute approximate surface area is 96.8 Å². The van der Waals surface area contributed by atoms with E-state index in [1.165, 1.54) is 17.8 Å². The zero-order valence-corrected chi connectivity index (χ0v) is 8.79. The number of carbonyl (C=O) groups excluding carboxylic acids is 1. The summed E-state index contributed by atoms with van der Waals surface area (Å²) in [5.41, 5.74) is 0. The first-order valence-corrected chi connectivity index (χ1v) is 5.32. The Bertz CT molecular complexity index is 319. The molecule has 0 spiro atoms. The number of aliphatic carboxylic acids is 1. The molecule has 0 heterocycles. The second-order valence-electron chi connectivity index (χ2n) is 2.56. The second-order valence-corrected chi connectivity index (χ2v) is 3.63. The lowest BCUT2D eigenvalue weighted by molar-refractivity contribution is -0.140. The van der Waals surface area contributed by atoms with Gasteiger partial charge < -0.3 is 15.5 Å². The van der Waals surface area contributed by atoms with Gasteiger partial charge in [-0.2, -0.15) is 11.8 Å². The number of aliphatic hydroxyl groups excluding tert-OH is 1. The Morgan fingerprint density at radius 2 is 2.33 bits per heavy atom. The van der Waals surface area contributed by atoms with Crippen molar-refractivity contribution in [3.05, 3.63) is 12.2 Å². The molecule has 0 aliphatic heterocycles. The third-order valence-electron chi connectivity index (χ3n) is 1.37. The number of carboxylic acids is 1. The molecular weight excluding hydrogens is 218 g/mol. The van der Waals surface area contributed by atoms with Gasteiger partial charge >= 0.3 is 5.97 Å². The molecule has 0 radical (unpaired) electrons. The molecule has 0 unspecified atom stereocenters. The molecule has 0 saturated carbocycles. The molecule has 0 bridgehead atoms. The summed E-state index contributed by atoms with van der Waals surface area (Å²) in [5.74, 6) is -2.05. The monoisotopic (exact) mass is 236 g/mol. The van der Waals surface area contributed by atoms with Crippen LogP contribution in [0.15, 0.2) is 12.2 Å².